The second kappa shape index (κ2) is 11.2. The van der Waals surface area contributed by atoms with Crippen molar-refractivity contribution in [1.82, 2.24) is 19.5 Å². The highest BCUT2D eigenvalue weighted by molar-refractivity contribution is 7.26. The molecule has 4 nitrogen and oxygen atoms in total. The van der Waals surface area contributed by atoms with E-state index in [0.717, 1.165) is 58.1 Å². The second-order valence-corrected chi connectivity index (χ2v) is 14.6. The molecule has 0 aliphatic rings. The molecule has 0 fully saturated rings. The van der Waals surface area contributed by atoms with Crippen molar-refractivity contribution in [1.29, 1.82) is 0 Å². The van der Waals surface area contributed by atoms with E-state index in [4.69, 9.17) is 21.8 Å². The maximum Gasteiger partial charge on any atom is 0.165 e. The molecule has 4 aromatic heterocycles. The summed E-state index contributed by atoms with van der Waals surface area (Å²) in [5, 5.41) is 6.85. The SMILES string of the molecule is [2H]c1c([2H])c([2H])c(-c2nc(-c3ccc4c(c3)sc3ccccc34)nc(-c3cccc4c3sc3ccc(-n5c6ccccc6c6ccccc65)cc34)n2)c([2H])c1[2H]. The maximum absolute atomic E-state index is 8.81. The Morgan fingerprint density at radius 2 is 1.10 bits per heavy atom. The van der Waals surface area contributed by atoms with Crippen molar-refractivity contribution in [2.75, 3.05) is 0 Å². The Morgan fingerprint density at radius 3 is 1.90 bits per heavy atom. The Bertz CT molecular complexity index is 3380. The molecule has 51 heavy (non-hydrogen) atoms. The van der Waals surface area contributed by atoms with Crippen LogP contribution in [-0.2, 0) is 0 Å². The lowest BCUT2D eigenvalue weighted by molar-refractivity contribution is 1.08. The van der Waals surface area contributed by atoms with Crippen LogP contribution in [0.15, 0.2) is 158 Å². The smallest absolute Gasteiger partial charge is 0.165 e. The molecule has 6 heteroatoms. The van der Waals surface area contributed by atoms with E-state index in [1.165, 1.54) is 20.9 Å². The first kappa shape index (κ1) is 24.0. The van der Waals surface area contributed by atoms with Gasteiger partial charge in [0.05, 0.1) is 17.9 Å². The first-order chi connectivity index (χ1) is 27.3. The van der Waals surface area contributed by atoms with Crippen molar-refractivity contribution in [3.63, 3.8) is 0 Å². The minimum atomic E-state index is -0.469. The Hall–Kier alpha value is -6.21. The van der Waals surface area contributed by atoms with Gasteiger partial charge in [0, 0.05) is 73.5 Å². The van der Waals surface area contributed by atoms with E-state index < -0.39 is 18.1 Å². The monoisotopic (exact) mass is 691 g/mol. The van der Waals surface area contributed by atoms with Crippen LogP contribution in [0.4, 0.5) is 0 Å². The number of rotatable bonds is 4. The zero-order chi connectivity index (χ0) is 37.8. The van der Waals surface area contributed by atoms with E-state index >= 15 is 0 Å². The van der Waals surface area contributed by atoms with Gasteiger partial charge in [0.25, 0.3) is 0 Å². The summed E-state index contributed by atoms with van der Waals surface area (Å²) in [4.78, 5) is 14.8. The van der Waals surface area contributed by atoms with Gasteiger partial charge in [0.2, 0.25) is 0 Å². The normalized spacial score (nSPS) is 13.3. The lowest BCUT2D eigenvalue weighted by Crippen LogP contribution is -2.00. The zero-order valence-corrected chi connectivity index (χ0v) is 28.4. The van der Waals surface area contributed by atoms with Gasteiger partial charge in [-0.05, 0) is 48.5 Å². The number of hydrogen-bond donors (Lipinski definition) is 0. The number of thiophene rings is 2. The van der Waals surface area contributed by atoms with Gasteiger partial charge in [-0.15, -0.1) is 22.7 Å². The molecule has 0 aliphatic carbocycles. The lowest BCUT2D eigenvalue weighted by atomic mass is 10.1. The van der Waals surface area contributed by atoms with Gasteiger partial charge in [-0.25, -0.2) is 15.0 Å². The molecule has 0 bridgehead atoms. The van der Waals surface area contributed by atoms with Crippen LogP contribution in [0.25, 0.3) is 102 Å². The van der Waals surface area contributed by atoms with E-state index in [9.17, 15) is 0 Å². The number of nitrogens with zero attached hydrogens (tertiary/aromatic N) is 4. The fraction of sp³-hybridized carbons (Fsp3) is 0. The molecule has 0 saturated heterocycles. The molecule has 0 aliphatic heterocycles. The van der Waals surface area contributed by atoms with E-state index in [-0.39, 0.29) is 23.5 Å². The predicted molar refractivity (Wildman–Crippen MR) is 216 cm³/mol. The van der Waals surface area contributed by atoms with Crippen LogP contribution >= 0.6 is 22.7 Å². The van der Waals surface area contributed by atoms with Gasteiger partial charge in [-0.3, -0.25) is 0 Å². The van der Waals surface area contributed by atoms with Gasteiger partial charge >= 0.3 is 0 Å². The summed E-state index contributed by atoms with van der Waals surface area (Å²) in [7, 11) is 0. The van der Waals surface area contributed by atoms with Crippen LogP contribution in [0, 0.1) is 0 Å². The van der Waals surface area contributed by atoms with Crippen molar-refractivity contribution in [3.05, 3.63) is 158 Å². The third-order valence-corrected chi connectivity index (χ3v) is 11.9. The molecule has 4 heterocycles. The Balaban J connectivity index is 1.14. The van der Waals surface area contributed by atoms with Crippen molar-refractivity contribution in [2.45, 2.75) is 0 Å². The summed E-state index contributed by atoms with van der Waals surface area (Å²) in [5.74, 6) is 0.723. The highest BCUT2D eigenvalue weighted by Crippen LogP contribution is 2.42. The second-order valence-electron chi connectivity index (χ2n) is 12.4. The van der Waals surface area contributed by atoms with Crippen molar-refractivity contribution < 1.29 is 6.85 Å². The summed E-state index contributed by atoms with van der Waals surface area (Å²) in [5.41, 5.74) is 4.77. The van der Waals surface area contributed by atoms with Gasteiger partial charge < -0.3 is 4.57 Å². The molecule has 0 saturated carbocycles. The van der Waals surface area contributed by atoms with Crippen LogP contribution in [-0.4, -0.2) is 19.5 Å². The average molecular weight is 692 g/mol. The van der Waals surface area contributed by atoms with Crippen molar-refractivity contribution in [3.8, 4) is 39.9 Å². The Labute approximate surface area is 307 Å². The largest absolute Gasteiger partial charge is 0.309 e. The highest BCUT2D eigenvalue weighted by atomic mass is 32.1. The minimum Gasteiger partial charge on any atom is -0.309 e. The zero-order valence-electron chi connectivity index (χ0n) is 31.7. The molecule has 11 aromatic rings. The summed E-state index contributed by atoms with van der Waals surface area (Å²) in [6.45, 7) is 0. The molecule has 0 atom stereocenters. The molecular weight excluding hydrogens is 661 g/mol. The van der Waals surface area contributed by atoms with E-state index in [2.05, 4.69) is 102 Å². The third kappa shape index (κ3) is 4.47. The molecule has 0 amide bonds. The molecule has 0 radical (unpaired) electrons. The molecule has 7 aromatic carbocycles. The summed E-state index contributed by atoms with van der Waals surface area (Å²) in [6.07, 6.45) is 0. The van der Waals surface area contributed by atoms with Crippen molar-refractivity contribution in [2.24, 2.45) is 0 Å². The van der Waals surface area contributed by atoms with Crippen LogP contribution < -0.4 is 0 Å². The molecule has 0 spiro atoms. The fourth-order valence-corrected chi connectivity index (χ4v) is 9.60. The third-order valence-electron chi connectivity index (χ3n) is 9.56. The average Bonchev–Trinajstić information content (AvgIpc) is 3.91. The standard InChI is InChI=1S/C45H26N4S2/c1-2-11-27(12-3-1)43-46-44(28-21-23-33-32-15-6-9-20-39(32)50-41(33)25-28)48-45(47-43)35-17-10-16-34-36-26-29(22-24-40(36)51-42(34)35)49-37-18-7-4-13-30(37)31-14-5-8-19-38(31)49/h1-26H/i1D,2D,3D,11D,12D. The quantitative estimate of drug-likeness (QED) is 0.184. The lowest BCUT2D eigenvalue weighted by Gasteiger charge is -2.09. The van der Waals surface area contributed by atoms with Gasteiger partial charge in [0.1, 0.15) is 0 Å². The number of benzene rings is 7. The number of aromatic nitrogens is 4. The fourth-order valence-electron chi connectivity index (χ4n) is 7.27. The van der Waals surface area contributed by atoms with E-state index in [1.54, 1.807) is 22.7 Å². The van der Waals surface area contributed by atoms with Gasteiger partial charge in [-0.2, -0.15) is 0 Å². The molecule has 238 valence electrons. The van der Waals surface area contributed by atoms with Crippen LogP contribution in [0.5, 0.6) is 0 Å². The van der Waals surface area contributed by atoms with Gasteiger partial charge in [0.15, 0.2) is 17.5 Å². The van der Waals surface area contributed by atoms with E-state index in [0.29, 0.717) is 11.6 Å². The predicted octanol–water partition coefficient (Wildman–Crippen LogP) is 12.7. The summed E-state index contributed by atoms with van der Waals surface area (Å²) >= 11 is 3.34. The highest BCUT2D eigenvalue weighted by Gasteiger charge is 2.19. The molecule has 11 rings (SSSR count). The number of para-hydroxylation sites is 2. The molecule has 0 unspecified atom stereocenters. The summed E-state index contributed by atoms with van der Waals surface area (Å²) < 4.78 is 49.3. The minimum absolute atomic E-state index is 0.0187. The molecule has 0 N–H and O–H groups in total. The first-order valence-electron chi connectivity index (χ1n) is 19.0. The van der Waals surface area contributed by atoms with E-state index in [1.807, 2.05) is 30.3 Å². The maximum atomic E-state index is 8.81. The van der Waals surface area contributed by atoms with Gasteiger partial charge in [-0.1, -0.05) is 109 Å². The Morgan fingerprint density at radius 1 is 0.451 bits per heavy atom. The van der Waals surface area contributed by atoms with Crippen LogP contribution in [0.3, 0.4) is 0 Å². The topological polar surface area (TPSA) is 43.6 Å². The number of fused-ring (bicyclic) bond motifs is 9. The van der Waals surface area contributed by atoms with Crippen LogP contribution in [0.2, 0.25) is 0 Å². The first-order valence-corrected chi connectivity index (χ1v) is 18.2. The Kier molecular flexibility index (Phi) is 5.25. The summed E-state index contributed by atoms with van der Waals surface area (Å²) in [6, 6.07) is 41.9. The van der Waals surface area contributed by atoms with Crippen molar-refractivity contribution >= 4 is 84.8 Å². The molecular formula is C45H26N4S2. The number of hydrogen-bond acceptors (Lipinski definition) is 5. The van der Waals surface area contributed by atoms with Crippen LogP contribution in [0.1, 0.15) is 6.85 Å².